The van der Waals surface area contributed by atoms with Crippen molar-refractivity contribution < 1.29 is 14.6 Å². The van der Waals surface area contributed by atoms with Crippen LogP contribution in [0.2, 0.25) is 0 Å². The van der Waals surface area contributed by atoms with E-state index in [9.17, 15) is 9.90 Å². The predicted molar refractivity (Wildman–Crippen MR) is 102 cm³/mol. The van der Waals surface area contributed by atoms with Crippen LogP contribution < -0.4 is 5.32 Å². The molecule has 0 radical (unpaired) electrons. The second kappa shape index (κ2) is 6.00. The zero-order chi connectivity index (χ0) is 18.5. The summed E-state index contributed by atoms with van der Waals surface area (Å²) < 4.78 is 5.16. The number of carboxylic acids is 1. The largest absolute Gasteiger partial charge is 0.478 e. The van der Waals surface area contributed by atoms with Gasteiger partial charge in [-0.15, -0.1) is 0 Å². The van der Waals surface area contributed by atoms with Crippen LogP contribution in [-0.2, 0) is 24.3 Å². The molecule has 0 spiro atoms. The third kappa shape index (κ3) is 2.39. The Balaban J connectivity index is 1.90. The molecule has 0 saturated carbocycles. The second-order valence-electron chi connectivity index (χ2n) is 6.79. The Hall–Kier alpha value is -3.03. The molecule has 0 saturated heterocycles. The Kier molecular flexibility index (Phi) is 3.60. The van der Waals surface area contributed by atoms with Crippen molar-refractivity contribution in [2.45, 2.75) is 19.6 Å². The number of carboxylic acid groups (broad SMARTS) is 1. The minimum absolute atomic E-state index is 0.159. The molecule has 3 N–H and O–H groups in total. The summed E-state index contributed by atoms with van der Waals surface area (Å²) >= 11 is 0. The van der Waals surface area contributed by atoms with Crippen LogP contribution in [0.25, 0.3) is 33.0 Å². The van der Waals surface area contributed by atoms with Gasteiger partial charge in [-0.1, -0.05) is 6.07 Å². The molecule has 136 valence electrons. The number of H-pyrrole nitrogens is 1. The number of methoxy groups -OCH3 is 1. The molecule has 0 atom stereocenters. The quantitative estimate of drug-likeness (QED) is 0.485. The smallest absolute Gasteiger partial charge is 0.338 e. The average molecular weight is 362 g/mol. The number of ether oxygens (including phenoxy) is 1. The monoisotopic (exact) mass is 362 g/mol. The van der Waals surface area contributed by atoms with E-state index in [-0.39, 0.29) is 12.2 Å². The summed E-state index contributed by atoms with van der Waals surface area (Å²) in [6.07, 6.45) is 0.906. The summed E-state index contributed by atoms with van der Waals surface area (Å²) in [7, 11) is 1.55. The van der Waals surface area contributed by atoms with Crippen LogP contribution in [0.4, 0.5) is 0 Å². The Morgan fingerprint density at radius 3 is 2.81 bits per heavy atom. The Morgan fingerprint density at radius 2 is 2.00 bits per heavy atom. The van der Waals surface area contributed by atoms with Crippen LogP contribution in [0.15, 0.2) is 24.3 Å². The average Bonchev–Trinajstić information content (AvgIpc) is 3.05. The second-order valence-corrected chi connectivity index (χ2v) is 6.79. The van der Waals surface area contributed by atoms with E-state index in [0.717, 1.165) is 47.1 Å². The van der Waals surface area contributed by atoms with Gasteiger partial charge in [-0.25, -0.2) is 14.8 Å². The molecule has 1 aliphatic heterocycles. The van der Waals surface area contributed by atoms with E-state index in [1.165, 1.54) is 5.56 Å². The predicted octanol–water partition coefficient (Wildman–Crippen LogP) is 2.75. The summed E-state index contributed by atoms with van der Waals surface area (Å²) in [6.45, 7) is 1.92. The maximum absolute atomic E-state index is 12.0. The fourth-order valence-electron chi connectivity index (χ4n) is 4.02. The van der Waals surface area contributed by atoms with Gasteiger partial charge in [0.15, 0.2) is 0 Å². The van der Waals surface area contributed by atoms with Crippen LogP contribution >= 0.6 is 0 Å². The van der Waals surface area contributed by atoms with Crippen LogP contribution in [0.3, 0.4) is 0 Å². The van der Waals surface area contributed by atoms with Gasteiger partial charge in [-0.2, -0.15) is 0 Å². The van der Waals surface area contributed by atoms with Crippen LogP contribution in [0.5, 0.6) is 0 Å². The lowest BCUT2D eigenvalue weighted by Gasteiger charge is -2.13. The summed E-state index contributed by atoms with van der Waals surface area (Å²) in [5.74, 6) is -1.02. The third-order valence-corrected chi connectivity index (χ3v) is 5.18. The zero-order valence-corrected chi connectivity index (χ0v) is 14.8. The molecule has 5 rings (SSSR count). The molecular formula is C20H18N4O3. The number of nitrogens with one attached hydrogen (secondary N) is 2. The minimum Gasteiger partial charge on any atom is -0.478 e. The van der Waals surface area contributed by atoms with Crippen molar-refractivity contribution in [1.82, 2.24) is 20.3 Å². The molecule has 3 heterocycles. The van der Waals surface area contributed by atoms with E-state index in [4.69, 9.17) is 14.7 Å². The van der Waals surface area contributed by atoms with E-state index < -0.39 is 5.97 Å². The molecule has 0 bridgehead atoms. The molecule has 2 aromatic heterocycles. The summed E-state index contributed by atoms with van der Waals surface area (Å²) in [5.41, 5.74) is 6.67. The number of hydrogen-bond donors (Lipinski definition) is 3. The molecule has 0 unspecified atom stereocenters. The number of aromatic nitrogens is 3. The van der Waals surface area contributed by atoms with Crippen LogP contribution in [-0.4, -0.2) is 39.7 Å². The standard InChI is InChI=1S/C20H18N4O3/c1-27-9-10-2-3-13-18(16(10)20(25)26)24-19-14(23-13)5-4-12-17(19)11-6-7-21-8-15(11)22-12/h2-5,21-22H,6-9H2,1H3,(H,25,26). The molecule has 27 heavy (non-hydrogen) atoms. The Morgan fingerprint density at radius 1 is 1.19 bits per heavy atom. The maximum atomic E-state index is 12.0. The molecule has 0 aliphatic carbocycles. The number of fused-ring (bicyclic) bond motifs is 6. The number of aromatic amines is 1. The fourth-order valence-corrected chi connectivity index (χ4v) is 4.02. The van der Waals surface area contributed by atoms with Crippen LogP contribution in [0, 0.1) is 0 Å². The van der Waals surface area contributed by atoms with Crippen molar-refractivity contribution in [1.29, 1.82) is 0 Å². The Labute approximate surface area is 154 Å². The normalized spacial score (nSPS) is 14.1. The molecule has 2 aromatic carbocycles. The minimum atomic E-state index is -1.02. The van der Waals surface area contributed by atoms with Gasteiger partial charge in [-0.05, 0) is 42.3 Å². The van der Waals surface area contributed by atoms with Gasteiger partial charge in [0.05, 0.1) is 28.7 Å². The van der Waals surface area contributed by atoms with Gasteiger partial charge in [0, 0.05) is 30.3 Å². The van der Waals surface area contributed by atoms with Gasteiger partial charge in [-0.3, -0.25) is 0 Å². The lowest BCUT2D eigenvalue weighted by molar-refractivity contribution is 0.0694. The number of benzene rings is 2. The van der Waals surface area contributed by atoms with Crippen molar-refractivity contribution in [2.75, 3.05) is 13.7 Å². The highest BCUT2D eigenvalue weighted by molar-refractivity contribution is 6.10. The topological polar surface area (TPSA) is 100 Å². The molecule has 1 aliphatic rings. The number of carbonyl (C=O) groups is 1. The van der Waals surface area contributed by atoms with Crippen LogP contribution in [0.1, 0.15) is 27.2 Å². The first-order valence-corrected chi connectivity index (χ1v) is 8.86. The van der Waals surface area contributed by atoms with Gasteiger partial charge in [0.2, 0.25) is 0 Å². The van der Waals surface area contributed by atoms with E-state index in [1.54, 1.807) is 13.2 Å². The van der Waals surface area contributed by atoms with Crippen molar-refractivity contribution in [3.05, 3.63) is 46.6 Å². The van der Waals surface area contributed by atoms with Crippen molar-refractivity contribution in [3.8, 4) is 0 Å². The fraction of sp³-hybridized carbons (Fsp3) is 0.250. The highest BCUT2D eigenvalue weighted by Crippen LogP contribution is 2.32. The van der Waals surface area contributed by atoms with Crippen molar-refractivity contribution in [3.63, 3.8) is 0 Å². The molecular weight excluding hydrogens is 344 g/mol. The molecule has 0 amide bonds. The SMILES string of the molecule is COCc1ccc2nc3ccc4[nH]c5c(c4c3nc2c1C(=O)O)CCNC5. The third-order valence-electron chi connectivity index (χ3n) is 5.18. The summed E-state index contributed by atoms with van der Waals surface area (Å²) in [6, 6.07) is 7.51. The first kappa shape index (κ1) is 16.2. The van der Waals surface area contributed by atoms with E-state index in [1.807, 2.05) is 18.2 Å². The van der Waals surface area contributed by atoms with Gasteiger partial charge in [0.25, 0.3) is 0 Å². The van der Waals surface area contributed by atoms with E-state index in [2.05, 4.69) is 10.3 Å². The Bertz CT molecular complexity index is 1230. The van der Waals surface area contributed by atoms with Crippen molar-refractivity contribution >= 4 is 38.9 Å². The molecule has 7 nitrogen and oxygen atoms in total. The molecule has 4 aromatic rings. The summed E-state index contributed by atoms with van der Waals surface area (Å²) in [5, 5.41) is 14.2. The lowest BCUT2D eigenvalue weighted by Crippen LogP contribution is -2.23. The van der Waals surface area contributed by atoms with E-state index in [0.29, 0.717) is 16.6 Å². The van der Waals surface area contributed by atoms with E-state index >= 15 is 0 Å². The molecule has 0 fully saturated rings. The lowest BCUT2D eigenvalue weighted by atomic mass is 10.0. The summed E-state index contributed by atoms with van der Waals surface area (Å²) in [4.78, 5) is 24.9. The van der Waals surface area contributed by atoms with Gasteiger partial charge in [0.1, 0.15) is 5.52 Å². The first-order valence-electron chi connectivity index (χ1n) is 8.86. The molecule has 7 heteroatoms. The number of hydrogen-bond acceptors (Lipinski definition) is 5. The van der Waals surface area contributed by atoms with Crippen molar-refractivity contribution in [2.24, 2.45) is 0 Å². The van der Waals surface area contributed by atoms with Gasteiger partial charge >= 0.3 is 5.97 Å². The number of nitrogens with zero attached hydrogens (tertiary/aromatic N) is 2. The number of aromatic carboxylic acids is 1. The van der Waals surface area contributed by atoms with Gasteiger partial charge < -0.3 is 20.1 Å². The number of rotatable bonds is 3. The highest BCUT2D eigenvalue weighted by Gasteiger charge is 2.21. The maximum Gasteiger partial charge on any atom is 0.338 e. The highest BCUT2D eigenvalue weighted by atomic mass is 16.5. The zero-order valence-electron chi connectivity index (χ0n) is 14.8. The first-order chi connectivity index (χ1) is 13.2.